The summed E-state index contributed by atoms with van der Waals surface area (Å²) in [7, 11) is 0. The average molecular weight is 531 g/mol. The Labute approximate surface area is 228 Å². The summed E-state index contributed by atoms with van der Waals surface area (Å²) in [6.07, 6.45) is 10.3. The van der Waals surface area contributed by atoms with E-state index in [9.17, 15) is 9.18 Å². The van der Waals surface area contributed by atoms with Crippen molar-refractivity contribution in [2.45, 2.75) is 43.6 Å². The van der Waals surface area contributed by atoms with Gasteiger partial charge in [-0.05, 0) is 97.3 Å². The number of carbonyl (C=O) groups is 1. The zero-order chi connectivity index (χ0) is 26.1. The number of hydrogen-bond acceptors (Lipinski definition) is 3. The highest BCUT2D eigenvalue weighted by Gasteiger charge is 2.46. The number of rotatable bonds is 6. The molecule has 1 saturated heterocycles. The van der Waals surface area contributed by atoms with Gasteiger partial charge in [-0.1, -0.05) is 48.0 Å². The van der Waals surface area contributed by atoms with E-state index in [-0.39, 0.29) is 18.0 Å². The van der Waals surface area contributed by atoms with E-state index in [0.29, 0.717) is 18.0 Å². The molecule has 6 rings (SSSR count). The Bertz CT molecular complexity index is 1350. The predicted molar refractivity (Wildman–Crippen MR) is 150 cm³/mol. The Hall–Kier alpha value is -3.22. The number of benzene rings is 2. The minimum atomic E-state index is -0.537. The summed E-state index contributed by atoms with van der Waals surface area (Å²) in [6, 6.07) is 17.6. The lowest BCUT2D eigenvalue weighted by atomic mass is 9.74. The average Bonchev–Trinajstić information content (AvgIpc) is 3.74. The lowest BCUT2D eigenvalue weighted by Crippen LogP contribution is -2.47. The smallest absolute Gasteiger partial charge is 0.322 e. The topological polar surface area (TPSA) is 48.5 Å². The molecule has 2 aromatic carbocycles. The molecule has 196 valence electrons. The van der Waals surface area contributed by atoms with Crippen LogP contribution in [0.2, 0.25) is 5.02 Å². The molecule has 0 unspecified atom stereocenters. The van der Waals surface area contributed by atoms with Crippen LogP contribution in [0.25, 0.3) is 6.08 Å². The normalized spacial score (nSPS) is 18.7. The molecule has 7 heteroatoms. The van der Waals surface area contributed by atoms with Crippen LogP contribution in [0.5, 0.6) is 0 Å². The number of urea groups is 1. The Kier molecular flexibility index (Phi) is 6.93. The quantitative estimate of drug-likeness (QED) is 0.369. The number of hydrogen-bond donors (Lipinski definition) is 1. The van der Waals surface area contributed by atoms with Crippen molar-refractivity contribution in [3.63, 3.8) is 0 Å². The Morgan fingerprint density at radius 1 is 1.11 bits per heavy atom. The van der Waals surface area contributed by atoms with Crippen LogP contribution in [-0.4, -0.2) is 42.1 Å². The van der Waals surface area contributed by atoms with Crippen molar-refractivity contribution in [3.8, 4) is 0 Å². The molecule has 3 heterocycles. The van der Waals surface area contributed by atoms with Crippen molar-refractivity contribution in [1.29, 1.82) is 0 Å². The minimum absolute atomic E-state index is 0.0310. The maximum absolute atomic E-state index is 13.5. The summed E-state index contributed by atoms with van der Waals surface area (Å²) in [5.74, 6) is 0.129. The third-order valence-electron chi connectivity index (χ3n) is 8.23. The molecule has 1 spiro atoms. The molecule has 38 heavy (non-hydrogen) atoms. The monoisotopic (exact) mass is 530 g/mol. The van der Waals surface area contributed by atoms with Gasteiger partial charge in [0, 0.05) is 42.0 Å². The zero-order valence-electron chi connectivity index (χ0n) is 21.4. The van der Waals surface area contributed by atoms with E-state index in [1.165, 1.54) is 36.2 Å². The van der Waals surface area contributed by atoms with E-state index >= 15 is 0 Å². The number of nitrogens with one attached hydrogen (secondary N) is 1. The second-order valence-corrected chi connectivity index (χ2v) is 11.3. The van der Waals surface area contributed by atoms with E-state index in [1.807, 2.05) is 29.2 Å². The lowest BCUT2D eigenvalue weighted by Gasteiger charge is -2.39. The van der Waals surface area contributed by atoms with Gasteiger partial charge in [0.25, 0.3) is 0 Å². The van der Waals surface area contributed by atoms with Crippen molar-refractivity contribution in [1.82, 2.24) is 15.2 Å². The van der Waals surface area contributed by atoms with Crippen LogP contribution in [0.3, 0.4) is 0 Å². The molecule has 1 aliphatic carbocycles. The summed E-state index contributed by atoms with van der Waals surface area (Å²) in [6.45, 7) is 3.83. The third-order valence-corrected chi connectivity index (χ3v) is 8.48. The van der Waals surface area contributed by atoms with Gasteiger partial charge in [-0.25, -0.2) is 9.78 Å². The number of halogens is 2. The van der Waals surface area contributed by atoms with Gasteiger partial charge in [0.1, 0.15) is 0 Å². The molecular formula is C31H32ClFN4O. The summed E-state index contributed by atoms with van der Waals surface area (Å²) in [4.78, 5) is 21.4. The van der Waals surface area contributed by atoms with Gasteiger partial charge in [-0.2, -0.15) is 4.39 Å². The molecule has 1 N–H and O–H groups in total. The minimum Gasteiger partial charge on any atom is -0.334 e. The fourth-order valence-electron chi connectivity index (χ4n) is 5.87. The Balaban J connectivity index is 1.15. The number of fused-ring (bicyclic) bond motifs is 2. The van der Waals surface area contributed by atoms with Gasteiger partial charge in [0.15, 0.2) is 0 Å². The van der Waals surface area contributed by atoms with Crippen LogP contribution < -0.4 is 10.2 Å². The largest absolute Gasteiger partial charge is 0.334 e. The molecule has 2 fully saturated rings. The first-order chi connectivity index (χ1) is 18.5. The molecule has 1 aromatic heterocycles. The molecule has 3 aliphatic rings. The summed E-state index contributed by atoms with van der Waals surface area (Å²) in [5, 5.41) is 3.75. The number of piperidine rings is 1. The van der Waals surface area contributed by atoms with E-state index in [2.05, 4.69) is 45.6 Å². The Morgan fingerprint density at radius 2 is 1.89 bits per heavy atom. The van der Waals surface area contributed by atoms with E-state index in [4.69, 9.17) is 11.6 Å². The number of anilines is 1. The van der Waals surface area contributed by atoms with Crippen LogP contribution in [-0.2, 0) is 12.0 Å². The molecule has 2 amide bonds. The van der Waals surface area contributed by atoms with Crippen LogP contribution in [0.4, 0.5) is 14.9 Å². The van der Waals surface area contributed by atoms with Gasteiger partial charge in [0.05, 0.1) is 0 Å². The van der Waals surface area contributed by atoms with Crippen molar-refractivity contribution >= 4 is 29.4 Å². The van der Waals surface area contributed by atoms with Crippen LogP contribution in [0.1, 0.15) is 53.9 Å². The Morgan fingerprint density at radius 3 is 2.63 bits per heavy atom. The number of likely N-dealkylation sites (tertiary alicyclic amines) is 1. The molecule has 0 radical (unpaired) electrons. The van der Waals surface area contributed by atoms with Gasteiger partial charge in [-0.3, -0.25) is 9.80 Å². The lowest BCUT2D eigenvalue weighted by molar-refractivity contribution is 0.180. The maximum atomic E-state index is 13.5. The van der Waals surface area contributed by atoms with Crippen molar-refractivity contribution in [2.24, 2.45) is 0 Å². The summed E-state index contributed by atoms with van der Waals surface area (Å²) >= 11 is 6.00. The highest BCUT2D eigenvalue weighted by molar-refractivity contribution is 6.30. The zero-order valence-corrected chi connectivity index (χ0v) is 22.1. The molecular weight excluding hydrogens is 499 g/mol. The van der Waals surface area contributed by atoms with Gasteiger partial charge in [-0.15, -0.1) is 0 Å². The summed E-state index contributed by atoms with van der Waals surface area (Å²) in [5.41, 5.74) is 5.56. The molecule has 3 aromatic rings. The second-order valence-electron chi connectivity index (χ2n) is 10.8. The summed E-state index contributed by atoms with van der Waals surface area (Å²) < 4.78 is 13.5. The maximum Gasteiger partial charge on any atom is 0.322 e. The van der Waals surface area contributed by atoms with Gasteiger partial charge in [0.2, 0.25) is 5.95 Å². The first-order valence-electron chi connectivity index (χ1n) is 13.4. The van der Waals surface area contributed by atoms with Crippen molar-refractivity contribution in [3.05, 3.63) is 100 Å². The SMILES string of the molecule is O=C(NCc1ccnc(F)c1)N1CC2(CCN(C/C=C/c3ccc(Cl)cc3)CC2)c2cc(C3CC3)ccc21. The molecule has 0 bridgehead atoms. The van der Waals surface area contributed by atoms with Crippen molar-refractivity contribution in [2.75, 3.05) is 31.1 Å². The standard InChI is InChI=1S/C31H32ClFN4O/c32-26-8-3-22(4-9-26)2-1-15-36-16-12-31(13-17-36)21-37(28-10-7-25(19-27(28)31)24-5-6-24)30(38)35-20-23-11-14-34-29(33)18-23/h1-4,7-11,14,18-19,24H,5-6,12-13,15-17,20-21H2,(H,35,38)/b2-1+. The molecule has 5 nitrogen and oxygen atoms in total. The number of carbonyl (C=O) groups excluding carboxylic acids is 1. The number of amides is 2. The molecule has 1 saturated carbocycles. The number of nitrogens with zero attached hydrogens (tertiary/aromatic N) is 3. The number of pyridine rings is 1. The fraction of sp³-hybridized carbons (Fsp3) is 0.355. The van der Waals surface area contributed by atoms with Crippen LogP contribution >= 0.6 is 11.6 Å². The van der Waals surface area contributed by atoms with Crippen LogP contribution in [0.15, 0.2) is 66.9 Å². The van der Waals surface area contributed by atoms with E-state index < -0.39 is 5.95 Å². The predicted octanol–water partition coefficient (Wildman–Crippen LogP) is 6.53. The van der Waals surface area contributed by atoms with Gasteiger partial charge >= 0.3 is 6.03 Å². The first-order valence-corrected chi connectivity index (χ1v) is 13.8. The van der Waals surface area contributed by atoms with Crippen LogP contribution in [0, 0.1) is 5.95 Å². The number of aromatic nitrogens is 1. The highest BCUT2D eigenvalue weighted by Crippen LogP contribution is 2.50. The molecule has 0 atom stereocenters. The fourth-order valence-corrected chi connectivity index (χ4v) is 5.99. The molecule has 2 aliphatic heterocycles. The highest BCUT2D eigenvalue weighted by atomic mass is 35.5. The second kappa shape index (κ2) is 10.5. The third kappa shape index (κ3) is 5.33. The first kappa shape index (κ1) is 25.1. The van der Waals surface area contributed by atoms with Gasteiger partial charge < -0.3 is 5.32 Å². The van der Waals surface area contributed by atoms with E-state index in [0.717, 1.165) is 48.7 Å². The van der Waals surface area contributed by atoms with Crippen molar-refractivity contribution < 1.29 is 9.18 Å². The van der Waals surface area contributed by atoms with E-state index in [1.54, 1.807) is 6.07 Å².